The van der Waals surface area contributed by atoms with Gasteiger partial charge in [0.15, 0.2) is 0 Å². The lowest BCUT2D eigenvalue weighted by Crippen LogP contribution is -2.43. The standard InChI is InChI=1S/C15H27N3O2/c1-2-14-13-8-16-6-11(13)9-18(14)10-15(19)17-7-12-4-3-5-20-12/h11-14,16H,2-10H2,1H3,(H,17,19). The molecule has 3 aliphatic rings. The van der Waals surface area contributed by atoms with E-state index >= 15 is 0 Å². The van der Waals surface area contributed by atoms with Gasteiger partial charge in [0.1, 0.15) is 0 Å². The number of fused-ring (bicyclic) bond motifs is 1. The van der Waals surface area contributed by atoms with Crippen LogP contribution in [0.15, 0.2) is 0 Å². The van der Waals surface area contributed by atoms with Crippen LogP contribution in [0.5, 0.6) is 0 Å². The number of carbonyl (C=O) groups is 1. The second kappa shape index (κ2) is 6.41. The van der Waals surface area contributed by atoms with Crippen molar-refractivity contribution in [2.24, 2.45) is 11.8 Å². The van der Waals surface area contributed by atoms with Crippen molar-refractivity contribution in [1.29, 1.82) is 0 Å². The first-order valence-electron chi connectivity index (χ1n) is 8.11. The molecule has 4 unspecified atom stereocenters. The van der Waals surface area contributed by atoms with Crippen molar-refractivity contribution in [2.75, 3.05) is 39.3 Å². The quantitative estimate of drug-likeness (QED) is 0.756. The lowest BCUT2D eigenvalue weighted by atomic mass is 9.93. The van der Waals surface area contributed by atoms with E-state index in [2.05, 4.69) is 22.5 Å². The number of nitrogens with zero attached hydrogens (tertiary/aromatic N) is 1. The smallest absolute Gasteiger partial charge is 0.234 e. The predicted molar refractivity (Wildman–Crippen MR) is 77.5 cm³/mol. The van der Waals surface area contributed by atoms with Crippen molar-refractivity contribution >= 4 is 5.91 Å². The summed E-state index contributed by atoms with van der Waals surface area (Å²) in [6.45, 7) is 7.63. The molecule has 0 spiro atoms. The van der Waals surface area contributed by atoms with Crippen LogP contribution >= 0.6 is 0 Å². The molecule has 0 aliphatic carbocycles. The molecule has 3 rings (SSSR count). The first kappa shape index (κ1) is 14.3. The van der Waals surface area contributed by atoms with Crippen LogP contribution in [0.2, 0.25) is 0 Å². The van der Waals surface area contributed by atoms with Crippen LogP contribution in [0.3, 0.4) is 0 Å². The molecular formula is C15H27N3O2. The Labute approximate surface area is 121 Å². The highest BCUT2D eigenvalue weighted by Crippen LogP contribution is 2.33. The Bertz CT molecular complexity index is 344. The highest BCUT2D eigenvalue weighted by Gasteiger charge is 2.43. The van der Waals surface area contributed by atoms with Gasteiger partial charge in [0, 0.05) is 25.7 Å². The van der Waals surface area contributed by atoms with Crippen LogP contribution < -0.4 is 10.6 Å². The largest absolute Gasteiger partial charge is 0.376 e. The molecule has 0 saturated carbocycles. The second-order valence-electron chi connectivity index (χ2n) is 6.43. The fourth-order valence-electron chi connectivity index (χ4n) is 4.13. The molecule has 1 amide bonds. The van der Waals surface area contributed by atoms with Gasteiger partial charge in [0.25, 0.3) is 0 Å². The van der Waals surface area contributed by atoms with E-state index in [1.54, 1.807) is 0 Å². The van der Waals surface area contributed by atoms with E-state index in [0.29, 0.717) is 19.1 Å². The van der Waals surface area contributed by atoms with Crippen molar-refractivity contribution in [3.63, 3.8) is 0 Å². The Hall–Kier alpha value is -0.650. The minimum Gasteiger partial charge on any atom is -0.376 e. The molecule has 3 heterocycles. The lowest BCUT2D eigenvalue weighted by Gasteiger charge is -2.26. The molecule has 0 aromatic heterocycles. The highest BCUT2D eigenvalue weighted by molar-refractivity contribution is 5.78. The summed E-state index contributed by atoms with van der Waals surface area (Å²) in [5.41, 5.74) is 0. The highest BCUT2D eigenvalue weighted by atomic mass is 16.5. The first-order valence-corrected chi connectivity index (χ1v) is 8.11. The zero-order valence-corrected chi connectivity index (χ0v) is 12.4. The van der Waals surface area contributed by atoms with E-state index in [1.807, 2.05) is 0 Å². The minimum atomic E-state index is 0.159. The van der Waals surface area contributed by atoms with E-state index < -0.39 is 0 Å². The first-order chi connectivity index (χ1) is 9.78. The van der Waals surface area contributed by atoms with Crippen LogP contribution in [-0.2, 0) is 9.53 Å². The number of hydrogen-bond acceptors (Lipinski definition) is 4. The molecule has 3 fully saturated rings. The minimum absolute atomic E-state index is 0.159. The van der Waals surface area contributed by atoms with Crippen LogP contribution in [0.4, 0.5) is 0 Å². The molecule has 4 atom stereocenters. The molecule has 20 heavy (non-hydrogen) atoms. The maximum atomic E-state index is 12.1. The van der Waals surface area contributed by atoms with Crippen LogP contribution in [0.1, 0.15) is 26.2 Å². The topological polar surface area (TPSA) is 53.6 Å². The molecule has 3 saturated heterocycles. The lowest BCUT2D eigenvalue weighted by molar-refractivity contribution is -0.123. The van der Waals surface area contributed by atoms with E-state index in [-0.39, 0.29) is 12.0 Å². The molecule has 3 aliphatic heterocycles. The van der Waals surface area contributed by atoms with Gasteiger partial charge in [-0.2, -0.15) is 0 Å². The third-order valence-electron chi connectivity index (χ3n) is 5.14. The number of nitrogens with one attached hydrogen (secondary N) is 2. The summed E-state index contributed by atoms with van der Waals surface area (Å²) in [4.78, 5) is 14.5. The fourth-order valence-corrected chi connectivity index (χ4v) is 4.13. The Morgan fingerprint density at radius 3 is 3.10 bits per heavy atom. The molecule has 0 radical (unpaired) electrons. The van der Waals surface area contributed by atoms with E-state index in [9.17, 15) is 4.79 Å². The van der Waals surface area contributed by atoms with Crippen molar-refractivity contribution in [3.05, 3.63) is 0 Å². The van der Waals surface area contributed by atoms with Gasteiger partial charge in [0.2, 0.25) is 5.91 Å². The van der Waals surface area contributed by atoms with Crippen molar-refractivity contribution in [3.8, 4) is 0 Å². The van der Waals surface area contributed by atoms with Gasteiger partial charge in [-0.3, -0.25) is 9.69 Å². The Morgan fingerprint density at radius 2 is 2.35 bits per heavy atom. The monoisotopic (exact) mass is 281 g/mol. The molecule has 0 aromatic carbocycles. The summed E-state index contributed by atoms with van der Waals surface area (Å²) in [7, 11) is 0. The number of carbonyl (C=O) groups excluding carboxylic acids is 1. The molecule has 5 heteroatoms. The number of rotatable bonds is 5. The number of hydrogen-bond donors (Lipinski definition) is 2. The third-order valence-corrected chi connectivity index (χ3v) is 5.14. The van der Waals surface area contributed by atoms with Crippen LogP contribution in [-0.4, -0.2) is 62.3 Å². The van der Waals surface area contributed by atoms with Gasteiger partial charge in [-0.1, -0.05) is 6.92 Å². The zero-order chi connectivity index (χ0) is 13.9. The molecule has 5 nitrogen and oxygen atoms in total. The number of ether oxygens (including phenoxy) is 1. The second-order valence-corrected chi connectivity index (χ2v) is 6.43. The summed E-state index contributed by atoms with van der Waals surface area (Å²) in [6.07, 6.45) is 3.59. The van der Waals surface area contributed by atoms with Crippen molar-refractivity contribution < 1.29 is 9.53 Å². The molecule has 2 N–H and O–H groups in total. The summed E-state index contributed by atoms with van der Waals surface area (Å²) in [6, 6.07) is 0.573. The normalized spacial score (nSPS) is 37.2. The Morgan fingerprint density at radius 1 is 1.45 bits per heavy atom. The van der Waals surface area contributed by atoms with Crippen LogP contribution in [0.25, 0.3) is 0 Å². The summed E-state index contributed by atoms with van der Waals surface area (Å²) < 4.78 is 5.54. The Kier molecular flexibility index (Phi) is 4.58. The van der Waals surface area contributed by atoms with E-state index in [0.717, 1.165) is 57.3 Å². The van der Waals surface area contributed by atoms with Crippen molar-refractivity contribution in [2.45, 2.75) is 38.3 Å². The van der Waals surface area contributed by atoms with Gasteiger partial charge in [-0.25, -0.2) is 0 Å². The molecular weight excluding hydrogens is 254 g/mol. The molecule has 114 valence electrons. The van der Waals surface area contributed by atoms with Crippen molar-refractivity contribution in [1.82, 2.24) is 15.5 Å². The summed E-state index contributed by atoms with van der Waals surface area (Å²) >= 11 is 0. The average Bonchev–Trinajstić information content (AvgIpc) is 3.12. The average molecular weight is 281 g/mol. The Balaban J connectivity index is 1.45. The maximum Gasteiger partial charge on any atom is 0.234 e. The maximum absolute atomic E-state index is 12.1. The van der Waals surface area contributed by atoms with Gasteiger partial charge in [0.05, 0.1) is 12.6 Å². The fraction of sp³-hybridized carbons (Fsp3) is 0.933. The number of likely N-dealkylation sites (tertiary alicyclic amines) is 1. The van der Waals surface area contributed by atoms with Gasteiger partial charge in [-0.15, -0.1) is 0 Å². The SMILES string of the molecule is CCC1C2CNCC2CN1CC(=O)NCC1CCCO1. The summed E-state index contributed by atoms with van der Waals surface area (Å²) in [5.74, 6) is 1.64. The number of amides is 1. The van der Waals surface area contributed by atoms with E-state index in [1.165, 1.54) is 0 Å². The van der Waals surface area contributed by atoms with Gasteiger partial charge < -0.3 is 15.4 Å². The predicted octanol–water partition coefficient (Wildman–Crippen LogP) is 0.211. The molecule has 0 aromatic rings. The molecule has 0 bridgehead atoms. The zero-order valence-electron chi connectivity index (χ0n) is 12.4. The summed E-state index contributed by atoms with van der Waals surface area (Å²) in [5, 5.41) is 6.52. The third kappa shape index (κ3) is 3.00. The van der Waals surface area contributed by atoms with Gasteiger partial charge in [-0.05, 0) is 44.2 Å². The van der Waals surface area contributed by atoms with Crippen LogP contribution in [0, 0.1) is 11.8 Å². The van der Waals surface area contributed by atoms with E-state index in [4.69, 9.17) is 4.74 Å². The van der Waals surface area contributed by atoms with Gasteiger partial charge >= 0.3 is 0 Å².